The lowest BCUT2D eigenvalue weighted by molar-refractivity contribution is -0.117. The van der Waals surface area contributed by atoms with E-state index in [1.54, 1.807) is 18.9 Å². The van der Waals surface area contributed by atoms with Crippen molar-refractivity contribution >= 4 is 11.6 Å². The van der Waals surface area contributed by atoms with E-state index < -0.39 is 17.7 Å². The molecule has 0 bridgehead atoms. The predicted octanol–water partition coefficient (Wildman–Crippen LogP) is 3.90. The van der Waals surface area contributed by atoms with Gasteiger partial charge in [-0.1, -0.05) is 17.7 Å². The second-order valence-electron chi connectivity index (χ2n) is 5.67. The summed E-state index contributed by atoms with van der Waals surface area (Å²) in [5.74, 6) is -1.18. The smallest absolute Gasteiger partial charge is 0.238 e. The molecule has 0 aliphatic carbocycles. The van der Waals surface area contributed by atoms with E-state index in [0.29, 0.717) is 5.69 Å². The van der Waals surface area contributed by atoms with E-state index in [-0.39, 0.29) is 18.0 Å². The highest BCUT2D eigenvalue weighted by Crippen LogP contribution is 2.22. The Balaban J connectivity index is 2.00. The zero-order valence-electron chi connectivity index (χ0n) is 13.4. The topological polar surface area (TPSA) is 32.3 Å². The Morgan fingerprint density at radius 1 is 1.17 bits per heavy atom. The summed E-state index contributed by atoms with van der Waals surface area (Å²) in [6, 6.07) is 10.4. The van der Waals surface area contributed by atoms with Crippen LogP contribution < -0.4 is 5.32 Å². The van der Waals surface area contributed by atoms with Crippen LogP contribution in [0.3, 0.4) is 0 Å². The van der Waals surface area contributed by atoms with Gasteiger partial charge in [-0.15, -0.1) is 0 Å². The van der Waals surface area contributed by atoms with Crippen molar-refractivity contribution < 1.29 is 13.6 Å². The van der Waals surface area contributed by atoms with Gasteiger partial charge in [0.15, 0.2) is 0 Å². The first-order valence-corrected chi connectivity index (χ1v) is 7.38. The van der Waals surface area contributed by atoms with Gasteiger partial charge in [-0.3, -0.25) is 9.69 Å². The molecule has 122 valence electrons. The van der Waals surface area contributed by atoms with Crippen LogP contribution in [0.4, 0.5) is 14.5 Å². The molecule has 1 unspecified atom stereocenters. The molecule has 3 nitrogen and oxygen atoms in total. The molecule has 0 saturated carbocycles. The summed E-state index contributed by atoms with van der Waals surface area (Å²) in [5, 5.41) is 2.78. The van der Waals surface area contributed by atoms with Crippen molar-refractivity contribution in [2.24, 2.45) is 0 Å². The number of rotatable bonds is 5. The van der Waals surface area contributed by atoms with Gasteiger partial charge >= 0.3 is 0 Å². The Kier molecular flexibility index (Phi) is 5.45. The molecular formula is C18H20F2N2O. The van der Waals surface area contributed by atoms with Crippen LogP contribution in [0, 0.1) is 18.6 Å². The van der Waals surface area contributed by atoms with Crippen LogP contribution in [0.2, 0.25) is 0 Å². The lowest BCUT2D eigenvalue weighted by Gasteiger charge is -2.24. The SMILES string of the molecule is Cc1ccc(NC(=O)CN(C)C(C)c2cc(F)ccc2F)cc1. The molecule has 0 saturated heterocycles. The van der Waals surface area contributed by atoms with Crippen molar-refractivity contribution in [2.45, 2.75) is 19.9 Å². The maximum atomic E-state index is 13.8. The van der Waals surface area contributed by atoms with Gasteiger partial charge in [0.1, 0.15) is 11.6 Å². The van der Waals surface area contributed by atoms with Crippen LogP contribution in [-0.2, 0) is 4.79 Å². The molecule has 0 radical (unpaired) electrons. The zero-order chi connectivity index (χ0) is 17.0. The third kappa shape index (κ3) is 4.60. The fourth-order valence-electron chi connectivity index (χ4n) is 2.27. The summed E-state index contributed by atoms with van der Waals surface area (Å²) < 4.78 is 27.1. The molecule has 5 heteroatoms. The summed E-state index contributed by atoms with van der Waals surface area (Å²) in [4.78, 5) is 13.7. The molecule has 0 heterocycles. The van der Waals surface area contributed by atoms with E-state index in [1.165, 1.54) is 0 Å². The lowest BCUT2D eigenvalue weighted by atomic mass is 10.1. The molecule has 0 fully saturated rings. The van der Waals surface area contributed by atoms with Gasteiger partial charge in [-0.25, -0.2) is 8.78 Å². The molecule has 23 heavy (non-hydrogen) atoms. The van der Waals surface area contributed by atoms with E-state index in [0.717, 1.165) is 23.8 Å². The van der Waals surface area contributed by atoms with Crippen LogP contribution in [0.5, 0.6) is 0 Å². The molecule has 0 aromatic heterocycles. The lowest BCUT2D eigenvalue weighted by Crippen LogP contribution is -2.32. The fourth-order valence-corrected chi connectivity index (χ4v) is 2.27. The molecule has 2 rings (SSSR count). The number of halogens is 2. The summed E-state index contributed by atoms with van der Waals surface area (Å²) in [7, 11) is 1.70. The van der Waals surface area contributed by atoms with Crippen LogP contribution >= 0.6 is 0 Å². The minimum atomic E-state index is -0.495. The highest BCUT2D eigenvalue weighted by Gasteiger charge is 2.18. The van der Waals surface area contributed by atoms with Gasteiger partial charge in [0.05, 0.1) is 6.54 Å². The molecule has 0 aliphatic rings. The van der Waals surface area contributed by atoms with E-state index in [1.807, 2.05) is 31.2 Å². The number of nitrogens with one attached hydrogen (secondary N) is 1. The van der Waals surface area contributed by atoms with E-state index >= 15 is 0 Å². The van der Waals surface area contributed by atoms with E-state index in [2.05, 4.69) is 5.32 Å². The molecular weight excluding hydrogens is 298 g/mol. The van der Waals surface area contributed by atoms with Crippen molar-refractivity contribution in [2.75, 3.05) is 18.9 Å². The van der Waals surface area contributed by atoms with E-state index in [9.17, 15) is 13.6 Å². The fraction of sp³-hybridized carbons (Fsp3) is 0.278. The van der Waals surface area contributed by atoms with Crippen LogP contribution in [-0.4, -0.2) is 24.4 Å². The minimum absolute atomic E-state index is 0.0744. The number of carbonyl (C=O) groups excluding carboxylic acids is 1. The van der Waals surface area contributed by atoms with Gasteiger partial charge in [0.25, 0.3) is 0 Å². The zero-order valence-corrected chi connectivity index (χ0v) is 13.4. The van der Waals surface area contributed by atoms with Crippen molar-refractivity contribution in [3.8, 4) is 0 Å². The average Bonchev–Trinajstić information content (AvgIpc) is 2.51. The van der Waals surface area contributed by atoms with Gasteiger partial charge in [0, 0.05) is 17.3 Å². The Hall–Kier alpha value is -2.27. The number of likely N-dealkylation sites (N-methyl/N-ethyl adjacent to an activating group) is 1. The first-order chi connectivity index (χ1) is 10.9. The summed E-state index contributed by atoms with van der Waals surface area (Å²) in [5.41, 5.74) is 2.05. The molecule has 1 atom stereocenters. The maximum absolute atomic E-state index is 13.8. The van der Waals surface area contributed by atoms with Gasteiger partial charge in [-0.05, 0) is 51.2 Å². The number of hydrogen-bond acceptors (Lipinski definition) is 2. The monoisotopic (exact) mass is 318 g/mol. The predicted molar refractivity (Wildman–Crippen MR) is 87.2 cm³/mol. The highest BCUT2D eigenvalue weighted by atomic mass is 19.1. The van der Waals surface area contributed by atoms with Crippen LogP contribution in [0.1, 0.15) is 24.1 Å². The van der Waals surface area contributed by atoms with Crippen LogP contribution in [0.15, 0.2) is 42.5 Å². The first-order valence-electron chi connectivity index (χ1n) is 7.38. The number of aryl methyl sites for hydroxylation is 1. The number of amides is 1. The average molecular weight is 318 g/mol. The Labute approximate surface area is 134 Å². The van der Waals surface area contributed by atoms with Crippen molar-refractivity contribution in [1.82, 2.24) is 4.90 Å². The summed E-state index contributed by atoms with van der Waals surface area (Å²) in [6.07, 6.45) is 0. The van der Waals surface area contributed by atoms with Gasteiger partial charge in [-0.2, -0.15) is 0 Å². The quantitative estimate of drug-likeness (QED) is 0.906. The molecule has 0 aliphatic heterocycles. The molecule has 1 amide bonds. The van der Waals surface area contributed by atoms with Gasteiger partial charge in [0.2, 0.25) is 5.91 Å². The van der Waals surface area contributed by atoms with Gasteiger partial charge < -0.3 is 5.32 Å². The highest BCUT2D eigenvalue weighted by molar-refractivity contribution is 5.92. The first kappa shape index (κ1) is 17.1. The van der Waals surface area contributed by atoms with Crippen molar-refractivity contribution in [3.05, 3.63) is 65.2 Å². The number of anilines is 1. The normalized spacial score (nSPS) is 12.3. The Bertz CT molecular complexity index is 686. The number of nitrogens with zero attached hydrogens (tertiary/aromatic N) is 1. The summed E-state index contributed by atoms with van der Waals surface area (Å²) in [6.45, 7) is 3.77. The number of carbonyl (C=O) groups is 1. The third-order valence-electron chi connectivity index (χ3n) is 3.80. The molecule has 1 N–H and O–H groups in total. The molecule has 2 aromatic rings. The Morgan fingerprint density at radius 2 is 1.83 bits per heavy atom. The molecule has 2 aromatic carbocycles. The number of benzene rings is 2. The van der Waals surface area contributed by atoms with Crippen molar-refractivity contribution in [1.29, 1.82) is 0 Å². The third-order valence-corrected chi connectivity index (χ3v) is 3.80. The van der Waals surface area contributed by atoms with Crippen LogP contribution in [0.25, 0.3) is 0 Å². The summed E-state index contributed by atoms with van der Waals surface area (Å²) >= 11 is 0. The maximum Gasteiger partial charge on any atom is 0.238 e. The minimum Gasteiger partial charge on any atom is -0.325 e. The largest absolute Gasteiger partial charge is 0.325 e. The van der Waals surface area contributed by atoms with E-state index in [4.69, 9.17) is 0 Å². The second kappa shape index (κ2) is 7.33. The second-order valence-corrected chi connectivity index (χ2v) is 5.67. The standard InChI is InChI=1S/C18H20F2N2O/c1-12-4-7-15(8-5-12)21-18(23)11-22(3)13(2)16-10-14(19)6-9-17(16)20/h4-10,13H,11H2,1-3H3,(H,21,23). The number of hydrogen-bond donors (Lipinski definition) is 1. The molecule has 0 spiro atoms. The Morgan fingerprint density at radius 3 is 2.48 bits per heavy atom. The van der Waals surface area contributed by atoms with Crippen molar-refractivity contribution in [3.63, 3.8) is 0 Å².